The highest BCUT2D eigenvalue weighted by Gasteiger charge is 2.13. The Morgan fingerprint density at radius 3 is 2.04 bits per heavy atom. The summed E-state index contributed by atoms with van der Waals surface area (Å²) in [7, 11) is 1.50. The zero-order chi connectivity index (χ0) is 18.4. The van der Waals surface area contributed by atoms with Gasteiger partial charge in [-0.3, -0.25) is 20.4 Å². The first kappa shape index (κ1) is 18.3. The normalized spacial score (nSPS) is 10.1. The van der Waals surface area contributed by atoms with Gasteiger partial charge in [-0.15, -0.1) is 0 Å². The number of aryl methyl sites for hydroxylation is 2. The molecule has 0 atom stereocenters. The van der Waals surface area contributed by atoms with Crippen molar-refractivity contribution in [2.75, 3.05) is 13.7 Å². The lowest BCUT2D eigenvalue weighted by atomic mass is 10.1. The topological polar surface area (TPSA) is 76.7 Å². The molecule has 0 unspecified atom stereocenters. The maximum atomic E-state index is 12.2. The van der Waals surface area contributed by atoms with Crippen molar-refractivity contribution in [1.29, 1.82) is 0 Å². The second kappa shape index (κ2) is 8.19. The van der Waals surface area contributed by atoms with Gasteiger partial charge in [0.1, 0.15) is 0 Å². The SMILES string of the molecule is CCOc1ccc(C(=O)NNC(=O)c2cc(C)cc(C)c2)cc1OC. The first-order valence-corrected chi connectivity index (χ1v) is 7.94. The van der Waals surface area contributed by atoms with E-state index in [1.165, 1.54) is 7.11 Å². The van der Waals surface area contributed by atoms with Crippen molar-refractivity contribution in [2.24, 2.45) is 0 Å². The maximum absolute atomic E-state index is 12.2. The van der Waals surface area contributed by atoms with Crippen molar-refractivity contribution in [3.63, 3.8) is 0 Å². The van der Waals surface area contributed by atoms with Crippen molar-refractivity contribution >= 4 is 11.8 Å². The number of nitrogens with one attached hydrogen (secondary N) is 2. The van der Waals surface area contributed by atoms with Crippen LogP contribution in [-0.2, 0) is 0 Å². The number of amides is 2. The van der Waals surface area contributed by atoms with E-state index in [9.17, 15) is 9.59 Å². The van der Waals surface area contributed by atoms with Crippen LogP contribution in [0.4, 0.5) is 0 Å². The average molecular weight is 342 g/mol. The van der Waals surface area contributed by atoms with E-state index < -0.39 is 5.91 Å². The highest BCUT2D eigenvalue weighted by Crippen LogP contribution is 2.27. The molecule has 0 bridgehead atoms. The molecular formula is C19H22N2O4. The van der Waals surface area contributed by atoms with Crippen LogP contribution in [0.2, 0.25) is 0 Å². The van der Waals surface area contributed by atoms with Gasteiger partial charge in [0.25, 0.3) is 11.8 Å². The van der Waals surface area contributed by atoms with Crippen LogP contribution in [0, 0.1) is 13.8 Å². The molecule has 132 valence electrons. The fraction of sp³-hybridized carbons (Fsp3) is 0.263. The Hall–Kier alpha value is -3.02. The van der Waals surface area contributed by atoms with Crippen LogP contribution in [0.1, 0.15) is 38.8 Å². The zero-order valence-electron chi connectivity index (χ0n) is 14.8. The molecule has 0 aliphatic rings. The van der Waals surface area contributed by atoms with Gasteiger partial charge in [-0.2, -0.15) is 0 Å². The molecule has 2 N–H and O–H groups in total. The number of methoxy groups -OCH3 is 1. The van der Waals surface area contributed by atoms with E-state index >= 15 is 0 Å². The fourth-order valence-electron chi connectivity index (χ4n) is 2.45. The number of carbonyl (C=O) groups excluding carboxylic acids is 2. The minimum Gasteiger partial charge on any atom is -0.493 e. The number of hydrogen-bond acceptors (Lipinski definition) is 4. The highest BCUT2D eigenvalue weighted by atomic mass is 16.5. The quantitative estimate of drug-likeness (QED) is 0.819. The first-order valence-electron chi connectivity index (χ1n) is 7.94. The summed E-state index contributed by atoms with van der Waals surface area (Å²) in [6.07, 6.45) is 0. The summed E-state index contributed by atoms with van der Waals surface area (Å²) in [6.45, 7) is 6.18. The molecule has 0 heterocycles. The summed E-state index contributed by atoms with van der Waals surface area (Å²) in [4.78, 5) is 24.4. The molecule has 0 saturated heterocycles. The van der Waals surface area contributed by atoms with Gasteiger partial charge in [-0.05, 0) is 51.1 Å². The van der Waals surface area contributed by atoms with Crippen molar-refractivity contribution in [3.05, 3.63) is 58.7 Å². The second-order valence-corrected chi connectivity index (χ2v) is 5.58. The molecule has 6 heteroatoms. The summed E-state index contributed by atoms with van der Waals surface area (Å²) in [6, 6.07) is 10.3. The van der Waals surface area contributed by atoms with Gasteiger partial charge in [0.15, 0.2) is 11.5 Å². The van der Waals surface area contributed by atoms with Crippen molar-refractivity contribution in [3.8, 4) is 11.5 Å². The van der Waals surface area contributed by atoms with E-state index in [1.807, 2.05) is 26.8 Å². The Morgan fingerprint density at radius 2 is 1.48 bits per heavy atom. The number of hydrogen-bond donors (Lipinski definition) is 2. The van der Waals surface area contributed by atoms with E-state index in [-0.39, 0.29) is 5.91 Å². The molecule has 0 saturated carbocycles. The lowest BCUT2D eigenvalue weighted by molar-refractivity contribution is 0.0846. The van der Waals surface area contributed by atoms with E-state index in [1.54, 1.807) is 30.3 Å². The lowest BCUT2D eigenvalue weighted by Gasteiger charge is -2.12. The Morgan fingerprint density at radius 1 is 0.880 bits per heavy atom. The molecule has 6 nitrogen and oxygen atoms in total. The Kier molecular flexibility index (Phi) is 6.00. The smallest absolute Gasteiger partial charge is 0.269 e. The van der Waals surface area contributed by atoms with Crippen LogP contribution in [0.5, 0.6) is 11.5 Å². The minimum absolute atomic E-state index is 0.348. The average Bonchev–Trinajstić information content (AvgIpc) is 2.59. The number of rotatable bonds is 5. The van der Waals surface area contributed by atoms with Crippen LogP contribution in [0.3, 0.4) is 0 Å². The van der Waals surface area contributed by atoms with Gasteiger partial charge < -0.3 is 9.47 Å². The largest absolute Gasteiger partial charge is 0.493 e. The van der Waals surface area contributed by atoms with Crippen molar-refractivity contribution in [2.45, 2.75) is 20.8 Å². The summed E-state index contributed by atoms with van der Waals surface area (Å²) in [5.41, 5.74) is 7.62. The molecule has 2 rings (SSSR count). The monoisotopic (exact) mass is 342 g/mol. The summed E-state index contributed by atoms with van der Waals surface area (Å²) in [5.74, 6) is 0.188. The Labute approximate surface area is 147 Å². The Balaban J connectivity index is 2.05. The van der Waals surface area contributed by atoms with Gasteiger partial charge >= 0.3 is 0 Å². The predicted molar refractivity (Wildman–Crippen MR) is 95.0 cm³/mol. The third kappa shape index (κ3) is 4.73. The summed E-state index contributed by atoms with van der Waals surface area (Å²) < 4.78 is 10.6. The van der Waals surface area contributed by atoms with Gasteiger partial charge in [-0.1, -0.05) is 17.2 Å². The first-order chi connectivity index (χ1) is 11.9. The van der Waals surface area contributed by atoms with Gasteiger partial charge in [0.05, 0.1) is 13.7 Å². The molecule has 2 aromatic rings. The molecule has 0 aliphatic carbocycles. The van der Waals surface area contributed by atoms with Crippen LogP contribution in [0.25, 0.3) is 0 Å². The van der Waals surface area contributed by atoms with Crippen LogP contribution in [0.15, 0.2) is 36.4 Å². The zero-order valence-corrected chi connectivity index (χ0v) is 14.8. The number of ether oxygens (including phenoxy) is 2. The maximum Gasteiger partial charge on any atom is 0.269 e. The van der Waals surface area contributed by atoms with Crippen LogP contribution < -0.4 is 20.3 Å². The van der Waals surface area contributed by atoms with Gasteiger partial charge in [0.2, 0.25) is 0 Å². The third-order valence-corrected chi connectivity index (χ3v) is 3.50. The van der Waals surface area contributed by atoms with Gasteiger partial charge in [0, 0.05) is 11.1 Å². The van der Waals surface area contributed by atoms with Crippen molar-refractivity contribution in [1.82, 2.24) is 10.9 Å². The fourth-order valence-corrected chi connectivity index (χ4v) is 2.45. The molecule has 25 heavy (non-hydrogen) atoms. The minimum atomic E-state index is -0.445. The summed E-state index contributed by atoms with van der Waals surface area (Å²) in [5, 5.41) is 0. The molecule has 0 spiro atoms. The van der Waals surface area contributed by atoms with Gasteiger partial charge in [-0.25, -0.2) is 0 Å². The van der Waals surface area contributed by atoms with Crippen LogP contribution >= 0.6 is 0 Å². The number of benzene rings is 2. The number of carbonyl (C=O) groups is 2. The molecule has 0 fully saturated rings. The molecule has 0 aliphatic heterocycles. The molecule has 2 amide bonds. The Bertz CT molecular complexity index is 767. The second-order valence-electron chi connectivity index (χ2n) is 5.58. The third-order valence-electron chi connectivity index (χ3n) is 3.50. The van der Waals surface area contributed by atoms with Crippen molar-refractivity contribution < 1.29 is 19.1 Å². The molecule has 0 radical (unpaired) electrons. The molecule has 2 aromatic carbocycles. The van der Waals surface area contributed by atoms with E-state index in [4.69, 9.17) is 9.47 Å². The standard InChI is InChI=1S/C19H22N2O4/c1-5-25-16-7-6-14(11-17(16)24-4)18(22)20-21-19(23)15-9-12(2)8-13(3)10-15/h6-11H,5H2,1-4H3,(H,20,22)(H,21,23). The van der Waals surface area contributed by atoms with E-state index in [0.717, 1.165) is 11.1 Å². The predicted octanol–water partition coefficient (Wildman–Crippen LogP) is 2.79. The molecular weight excluding hydrogens is 320 g/mol. The van der Waals surface area contributed by atoms with E-state index in [0.29, 0.717) is 29.2 Å². The van der Waals surface area contributed by atoms with E-state index in [2.05, 4.69) is 10.9 Å². The summed E-state index contributed by atoms with van der Waals surface area (Å²) >= 11 is 0. The highest BCUT2D eigenvalue weighted by molar-refractivity contribution is 5.99. The van der Waals surface area contributed by atoms with Crippen LogP contribution in [-0.4, -0.2) is 25.5 Å². The number of hydrazine groups is 1. The lowest BCUT2D eigenvalue weighted by Crippen LogP contribution is -2.41. The molecule has 0 aromatic heterocycles.